The molecule has 0 heterocycles. The van der Waals surface area contributed by atoms with Crippen molar-refractivity contribution in [1.82, 2.24) is 0 Å². The van der Waals surface area contributed by atoms with E-state index in [1.807, 2.05) is 0 Å². The number of benzene rings is 1. The molecule has 0 amide bonds. The Bertz CT molecular complexity index is 327. The van der Waals surface area contributed by atoms with Gasteiger partial charge in [-0.15, -0.1) is 0 Å². The Balaban J connectivity index is 2.80. The van der Waals surface area contributed by atoms with Gasteiger partial charge in [0.25, 0.3) is 0 Å². The quantitative estimate of drug-likeness (QED) is 0.522. The number of aliphatic hydroxyl groups excluding tert-OH is 2. The first-order valence-corrected chi connectivity index (χ1v) is 5.34. The predicted octanol–water partition coefficient (Wildman–Crippen LogP) is 1.21. The highest BCUT2D eigenvalue weighted by Crippen LogP contribution is 2.19. The zero-order valence-corrected chi connectivity index (χ0v) is 9.10. The van der Waals surface area contributed by atoms with Crippen LogP contribution >= 0.6 is 12.6 Å². The van der Waals surface area contributed by atoms with E-state index in [2.05, 4.69) is 12.6 Å². The second-order valence-electron chi connectivity index (χ2n) is 3.31. The first-order chi connectivity index (χ1) is 7.19. The number of aliphatic hydroxyl groups is 2. The highest BCUT2D eigenvalue weighted by molar-refractivity contribution is 7.80. The Morgan fingerprint density at radius 3 is 2.73 bits per heavy atom. The number of rotatable bonds is 5. The van der Waals surface area contributed by atoms with Crippen LogP contribution < -0.4 is 0 Å². The molecule has 0 spiro atoms. The highest BCUT2D eigenvalue weighted by Gasteiger charge is 2.17. The van der Waals surface area contributed by atoms with Gasteiger partial charge < -0.3 is 10.2 Å². The molecule has 1 rings (SSSR count). The van der Waals surface area contributed by atoms with Crippen LogP contribution in [-0.4, -0.2) is 28.4 Å². The number of hydrogen-bond acceptors (Lipinski definition) is 4. The van der Waals surface area contributed by atoms with E-state index in [-0.39, 0.29) is 0 Å². The van der Waals surface area contributed by atoms with Crippen molar-refractivity contribution in [2.75, 3.05) is 5.75 Å². The van der Waals surface area contributed by atoms with E-state index in [4.69, 9.17) is 0 Å². The minimum Gasteiger partial charge on any atom is -0.390 e. The lowest BCUT2D eigenvalue weighted by atomic mass is 10.0. The van der Waals surface area contributed by atoms with Crippen LogP contribution in [0.3, 0.4) is 0 Å². The summed E-state index contributed by atoms with van der Waals surface area (Å²) in [5.41, 5.74) is 1.04. The SMILES string of the molecule is O=Cc1cccc(C(O)C(O)CCS)c1. The molecule has 2 atom stereocenters. The zero-order valence-electron chi connectivity index (χ0n) is 8.21. The van der Waals surface area contributed by atoms with Crippen molar-refractivity contribution in [3.63, 3.8) is 0 Å². The number of thiol groups is 1. The molecule has 0 bridgehead atoms. The van der Waals surface area contributed by atoms with Crippen LogP contribution in [0.1, 0.15) is 28.4 Å². The Hall–Kier alpha value is -0.840. The molecule has 0 saturated heterocycles. The van der Waals surface area contributed by atoms with Crippen LogP contribution in [0.4, 0.5) is 0 Å². The third-order valence-corrected chi connectivity index (χ3v) is 2.44. The summed E-state index contributed by atoms with van der Waals surface area (Å²) in [5, 5.41) is 19.3. The third kappa shape index (κ3) is 3.34. The van der Waals surface area contributed by atoms with Crippen molar-refractivity contribution in [2.24, 2.45) is 0 Å². The lowest BCUT2D eigenvalue weighted by Gasteiger charge is -2.17. The second kappa shape index (κ2) is 5.90. The molecule has 0 fully saturated rings. The standard InChI is InChI=1S/C11H14O3S/c12-7-8-2-1-3-9(6-8)11(14)10(13)4-5-15/h1-3,6-7,10-11,13-15H,4-5H2. The van der Waals surface area contributed by atoms with Gasteiger partial charge in [-0.25, -0.2) is 0 Å². The smallest absolute Gasteiger partial charge is 0.150 e. The fourth-order valence-electron chi connectivity index (χ4n) is 1.33. The predicted molar refractivity (Wildman–Crippen MR) is 61.3 cm³/mol. The zero-order chi connectivity index (χ0) is 11.3. The normalized spacial score (nSPS) is 14.6. The van der Waals surface area contributed by atoms with Crippen molar-refractivity contribution in [1.29, 1.82) is 0 Å². The van der Waals surface area contributed by atoms with Gasteiger partial charge >= 0.3 is 0 Å². The molecule has 1 aromatic rings. The van der Waals surface area contributed by atoms with E-state index in [9.17, 15) is 15.0 Å². The van der Waals surface area contributed by atoms with Crippen LogP contribution in [-0.2, 0) is 0 Å². The fraction of sp³-hybridized carbons (Fsp3) is 0.364. The van der Waals surface area contributed by atoms with Crippen LogP contribution in [0.25, 0.3) is 0 Å². The van der Waals surface area contributed by atoms with E-state index in [0.717, 1.165) is 0 Å². The summed E-state index contributed by atoms with van der Waals surface area (Å²) in [6, 6.07) is 6.57. The van der Waals surface area contributed by atoms with E-state index in [1.165, 1.54) is 0 Å². The molecule has 0 saturated carbocycles. The summed E-state index contributed by atoms with van der Waals surface area (Å²) < 4.78 is 0. The molecule has 0 aliphatic rings. The number of carbonyl (C=O) groups excluding carboxylic acids is 1. The molecule has 82 valence electrons. The van der Waals surface area contributed by atoms with Gasteiger partial charge in [-0.3, -0.25) is 4.79 Å². The Morgan fingerprint density at radius 2 is 2.13 bits per heavy atom. The fourth-order valence-corrected chi connectivity index (χ4v) is 1.59. The molecule has 0 radical (unpaired) electrons. The Morgan fingerprint density at radius 1 is 1.40 bits per heavy atom. The van der Waals surface area contributed by atoms with Crippen molar-refractivity contribution in [3.05, 3.63) is 35.4 Å². The summed E-state index contributed by atoms with van der Waals surface area (Å²) in [4.78, 5) is 10.5. The summed E-state index contributed by atoms with van der Waals surface area (Å²) in [5.74, 6) is 0.506. The van der Waals surface area contributed by atoms with E-state index < -0.39 is 12.2 Å². The van der Waals surface area contributed by atoms with Gasteiger partial charge in [-0.1, -0.05) is 18.2 Å². The van der Waals surface area contributed by atoms with Crippen molar-refractivity contribution >= 4 is 18.9 Å². The first-order valence-electron chi connectivity index (χ1n) is 4.71. The number of carbonyl (C=O) groups is 1. The molecule has 3 nitrogen and oxygen atoms in total. The molecular formula is C11H14O3S. The lowest BCUT2D eigenvalue weighted by molar-refractivity contribution is 0.0172. The molecular weight excluding hydrogens is 212 g/mol. The summed E-state index contributed by atoms with van der Waals surface area (Å²) >= 11 is 3.98. The van der Waals surface area contributed by atoms with Crippen LogP contribution in [0, 0.1) is 0 Å². The molecule has 1 aromatic carbocycles. The Labute approximate surface area is 94.2 Å². The van der Waals surface area contributed by atoms with Crippen molar-refractivity contribution in [3.8, 4) is 0 Å². The minimum atomic E-state index is -0.961. The third-order valence-electron chi connectivity index (χ3n) is 2.18. The van der Waals surface area contributed by atoms with E-state index in [1.54, 1.807) is 24.3 Å². The maximum absolute atomic E-state index is 10.5. The number of aldehydes is 1. The second-order valence-corrected chi connectivity index (χ2v) is 3.76. The monoisotopic (exact) mass is 226 g/mol. The average molecular weight is 226 g/mol. The summed E-state index contributed by atoms with van der Waals surface area (Å²) in [6.45, 7) is 0. The van der Waals surface area contributed by atoms with Gasteiger partial charge in [-0.2, -0.15) is 12.6 Å². The number of hydrogen-bond donors (Lipinski definition) is 3. The lowest BCUT2D eigenvalue weighted by Crippen LogP contribution is -2.18. The summed E-state index contributed by atoms with van der Waals surface area (Å²) in [6.07, 6.45) is -0.682. The maximum atomic E-state index is 10.5. The molecule has 4 heteroatoms. The highest BCUT2D eigenvalue weighted by atomic mass is 32.1. The van der Waals surface area contributed by atoms with Gasteiger partial charge in [0.2, 0.25) is 0 Å². The van der Waals surface area contributed by atoms with Crippen LogP contribution in [0.5, 0.6) is 0 Å². The summed E-state index contributed by atoms with van der Waals surface area (Å²) in [7, 11) is 0. The molecule has 2 unspecified atom stereocenters. The molecule has 0 aliphatic heterocycles. The van der Waals surface area contributed by atoms with Gasteiger partial charge in [0.15, 0.2) is 0 Å². The van der Waals surface area contributed by atoms with Crippen molar-refractivity contribution in [2.45, 2.75) is 18.6 Å². The van der Waals surface area contributed by atoms with Crippen LogP contribution in [0.15, 0.2) is 24.3 Å². The van der Waals surface area contributed by atoms with E-state index >= 15 is 0 Å². The molecule has 15 heavy (non-hydrogen) atoms. The largest absolute Gasteiger partial charge is 0.390 e. The maximum Gasteiger partial charge on any atom is 0.150 e. The first kappa shape index (κ1) is 12.2. The van der Waals surface area contributed by atoms with Gasteiger partial charge in [0.1, 0.15) is 12.4 Å². The molecule has 0 aliphatic carbocycles. The van der Waals surface area contributed by atoms with Crippen LogP contribution in [0.2, 0.25) is 0 Å². The van der Waals surface area contributed by atoms with Gasteiger partial charge in [0.05, 0.1) is 6.10 Å². The van der Waals surface area contributed by atoms with E-state index in [0.29, 0.717) is 29.6 Å². The topological polar surface area (TPSA) is 57.5 Å². The van der Waals surface area contributed by atoms with Gasteiger partial charge in [0, 0.05) is 5.56 Å². The molecule has 0 aromatic heterocycles. The van der Waals surface area contributed by atoms with Crippen molar-refractivity contribution < 1.29 is 15.0 Å². The Kier molecular flexibility index (Phi) is 4.81. The molecule has 2 N–H and O–H groups in total. The van der Waals surface area contributed by atoms with Gasteiger partial charge in [-0.05, 0) is 23.8 Å². The minimum absolute atomic E-state index is 0.412. The average Bonchev–Trinajstić information content (AvgIpc) is 2.28.